The van der Waals surface area contributed by atoms with Gasteiger partial charge >= 0.3 is 6.36 Å². The highest BCUT2D eigenvalue weighted by Crippen LogP contribution is 2.39. The molecule has 0 amide bonds. The Hall–Kier alpha value is -0.940. The predicted octanol–water partition coefficient (Wildman–Crippen LogP) is 4.76. The molecule has 0 aliphatic rings. The molecule has 1 aromatic heterocycles. The third-order valence-corrected chi connectivity index (χ3v) is 3.49. The first-order valence-corrected chi connectivity index (χ1v) is 5.56. The molecule has 2 rings (SSSR count). The van der Waals surface area contributed by atoms with E-state index in [1.54, 1.807) is 13.0 Å². The monoisotopic (exact) mass is 266 g/mol. The third-order valence-electron chi connectivity index (χ3n) is 2.05. The molecule has 0 radical (unpaired) electrons. The van der Waals surface area contributed by atoms with Gasteiger partial charge in [0.25, 0.3) is 0 Å². The normalized spacial score (nSPS) is 12.1. The summed E-state index contributed by atoms with van der Waals surface area (Å²) < 4.78 is 40.9. The summed E-state index contributed by atoms with van der Waals surface area (Å²) in [5.74, 6) is -0.358. The third kappa shape index (κ3) is 2.10. The molecule has 0 saturated carbocycles. The molecule has 1 nitrogen and oxygen atoms in total. The van der Waals surface area contributed by atoms with Crippen LogP contribution in [0.4, 0.5) is 13.2 Å². The standard InChI is InChI=1S/C10H6ClF3OS/c1-5-4-16-7-3-2-6(9(11)8(5)7)15-10(12,13)14/h2-4H,1H3. The number of hydrogen-bond donors (Lipinski definition) is 0. The molecule has 1 heterocycles. The Morgan fingerprint density at radius 3 is 2.62 bits per heavy atom. The summed E-state index contributed by atoms with van der Waals surface area (Å²) in [6.45, 7) is 1.79. The van der Waals surface area contributed by atoms with E-state index in [4.69, 9.17) is 11.6 Å². The van der Waals surface area contributed by atoms with Crippen molar-refractivity contribution in [2.45, 2.75) is 13.3 Å². The highest BCUT2D eigenvalue weighted by molar-refractivity contribution is 7.17. The van der Waals surface area contributed by atoms with Crippen molar-refractivity contribution in [3.8, 4) is 5.75 Å². The van der Waals surface area contributed by atoms with Crippen LogP contribution in [0.15, 0.2) is 17.5 Å². The number of halogens is 4. The van der Waals surface area contributed by atoms with E-state index in [1.165, 1.54) is 17.4 Å². The summed E-state index contributed by atoms with van der Waals surface area (Å²) >= 11 is 7.31. The van der Waals surface area contributed by atoms with Crippen LogP contribution in [0, 0.1) is 6.92 Å². The minimum absolute atomic E-state index is 0.00794. The van der Waals surface area contributed by atoms with Gasteiger partial charge in [0.05, 0.1) is 5.02 Å². The Balaban J connectivity index is 2.56. The second-order valence-electron chi connectivity index (χ2n) is 3.22. The lowest BCUT2D eigenvalue weighted by Gasteiger charge is -2.10. The van der Waals surface area contributed by atoms with E-state index in [2.05, 4.69) is 4.74 Å². The van der Waals surface area contributed by atoms with Crippen molar-refractivity contribution >= 4 is 33.0 Å². The second-order valence-corrected chi connectivity index (χ2v) is 4.51. The van der Waals surface area contributed by atoms with Crippen LogP contribution in [0.3, 0.4) is 0 Å². The number of alkyl halides is 3. The molecule has 6 heteroatoms. The number of thiophene rings is 1. The fourth-order valence-corrected chi connectivity index (χ4v) is 2.78. The van der Waals surface area contributed by atoms with Crippen LogP contribution in [-0.2, 0) is 0 Å². The van der Waals surface area contributed by atoms with Crippen molar-refractivity contribution in [1.29, 1.82) is 0 Å². The van der Waals surface area contributed by atoms with Gasteiger partial charge in [-0.2, -0.15) is 0 Å². The molecule has 0 fully saturated rings. The topological polar surface area (TPSA) is 9.23 Å². The van der Waals surface area contributed by atoms with Gasteiger partial charge in [-0.3, -0.25) is 0 Å². The number of aryl methyl sites for hydroxylation is 1. The Morgan fingerprint density at radius 2 is 2.00 bits per heavy atom. The molecule has 0 aliphatic heterocycles. The summed E-state index contributed by atoms with van der Waals surface area (Å²) in [4.78, 5) is 0. The van der Waals surface area contributed by atoms with Crippen LogP contribution < -0.4 is 4.74 Å². The lowest BCUT2D eigenvalue weighted by molar-refractivity contribution is -0.274. The average molecular weight is 267 g/mol. The number of ether oxygens (including phenoxy) is 1. The molecule has 2 aromatic rings. The molecule has 1 aromatic carbocycles. The smallest absolute Gasteiger partial charge is 0.404 e. The number of hydrogen-bond acceptors (Lipinski definition) is 2. The van der Waals surface area contributed by atoms with Gasteiger partial charge in [0.15, 0.2) is 0 Å². The minimum Gasteiger partial charge on any atom is -0.404 e. The quantitative estimate of drug-likeness (QED) is 0.723. The van der Waals surface area contributed by atoms with E-state index in [0.717, 1.165) is 10.3 Å². The molecule has 0 saturated heterocycles. The predicted molar refractivity (Wildman–Crippen MR) is 58.3 cm³/mol. The summed E-state index contributed by atoms with van der Waals surface area (Å²) in [6.07, 6.45) is -4.72. The van der Waals surface area contributed by atoms with Gasteiger partial charge in [0, 0.05) is 10.1 Å². The summed E-state index contributed by atoms with van der Waals surface area (Å²) in [7, 11) is 0. The maximum atomic E-state index is 12.1. The Labute approximate surface area is 98.4 Å². The van der Waals surface area contributed by atoms with Gasteiger partial charge in [-0.1, -0.05) is 11.6 Å². The Bertz CT molecular complexity index is 533. The van der Waals surface area contributed by atoms with Crippen molar-refractivity contribution in [3.63, 3.8) is 0 Å². The van der Waals surface area contributed by atoms with E-state index in [-0.39, 0.29) is 10.8 Å². The van der Waals surface area contributed by atoms with Crippen LogP contribution in [0.5, 0.6) is 5.75 Å². The Morgan fingerprint density at radius 1 is 1.31 bits per heavy atom. The van der Waals surface area contributed by atoms with Crippen LogP contribution >= 0.6 is 22.9 Å². The maximum absolute atomic E-state index is 12.1. The zero-order valence-electron chi connectivity index (χ0n) is 8.06. The zero-order valence-corrected chi connectivity index (χ0v) is 9.63. The first kappa shape index (κ1) is 11.5. The van der Waals surface area contributed by atoms with Gasteiger partial charge in [0.2, 0.25) is 0 Å². The van der Waals surface area contributed by atoms with Crippen molar-refractivity contribution in [1.82, 2.24) is 0 Å². The zero-order chi connectivity index (χ0) is 11.9. The molecule has 86 valence electrons. The molecule has 0 atom stereocenters. The van der Waals surface area contributed by atoms with Gasteiger partial charge in [-0.05, 0) is 30.0 Å². The lowest BCUT2D eigenvalue weighted by atomic mass is 10.2. The molecule has 0 N–H and O–H groups in total. The van der Waals surface area contributed by atoms with Crippen LogP contribution in [0.1, 0.15) is 5.56 Å². The number of benzene rings is 1. The van der Waals surface area contributed by atoms with Crippen LogP contribution in [-0.4, -0.2) is 6.36 Å². The average Bonchev–Trinajstić information content (AvgIpc) is 2.51. The Kier molecular flexibility index (Phi) is 2.75. The fourth-order valence-electron chi connectivity index (χ4n) is 1.42. The van der Waals surface area contributed by atoms with Crippen LogP contribution in [0.25, 0.3) is 10.1 Å². The minimum atomic E-state index is -4.72. The largest absolute Gasteiger partial charge is 0.573 e. The lowest BCUT2D eigenvalue weighted by Crippen LogP contribution is -2.17. The first-order chi connectivity index (χ1) is 7.38. The maximum Gasteiger partial charge on any atom is 0.573 e. The molecule has 0 bridgehead atoms. The van der Waals surface area contributed by atoms with Crippen molar-refractivity contribution in [3.05, 3.63) is 28.1 Å². The highest BCUT2D eigenvalue weighted by atomic mass is 35.5. The van der Waals surface area contributed by atoms with Crippen molar-refractivity contribution < 1.29 is 17.9 Å². The van der Waals surface area contributed by atoms with Gasteiger partial charge in [0.1, 0.15) is 5.75 Å². The SMILES string of the molecule is Cc1csc2ccc(OC(F)(F)F)c(Cl)c12. The molecule has 0 aliphatic carbocycles. The molecular formula is C10H6ClF3OS. The van der Waals surface area contributed by atoms with Gasteiger partial charge < -0.3 is 4.74 Å². The molecular weight excluding hydrogens is 261 g/mol. The number of fused-ring (bicyclic) bond motifs is 1. The molecule has 0 unspecified atom stereocenters. The summed E-state index contributed by atoms with van der Waals surface area (Å²) in [5, 5.41) is 2.47. The summed E-state index contributed by atoms with van der Waals surface area (Å²) in [6, 6.07) is 2.80. The van der Waals surface area contributed by atoms with E-state index in [0.29, 0.717) is 5.39 Å². The van der Waals surface area contributed by atoms with Crippen LogP contribution in [0.2, 0.25) is 5.02 Å². The van der Waals surface area contributed by atoms with Gasteiger partial charge in [-0.15, -0.1) is 24.5 Å². The van der Waals surface area contributed by atoms with E-state index < -0.39 is 6.36 Å². The first-order valence-electron chi connectivity index (χ1n) is 4.30. The number of rotatable bonds is 1. The van der Waals surface area contributed by atoms with E-state index >= 15 is 0 Å². The molecule has 16 heavy (non-hydrogen) atoms. The van der Waals surface area contributed by atoms with Crippen molar-refractivity contribution in [2.75, 3.05) is 0 Å². The van der Waals surface area contributed by atoms with E-state index in [1.807, 2.05) is 5.38 Å². The van der Waals surface area contributed by atoms with E-state index in [9.17, 15) is 13.2 Å². The second kappa shape index (κ2) is 3.82. The highest BCUT2D eigenvalue weighted by Gasteiger charge is 2.32. The molecule has 0 spiro atoms. The van der Waals surface area contributed by atoms with Gasteiger partial charge in [-0.25, -0.2) is 0 Å². The van der Waals surface area contributed by atoms with Crippen molar-refractivity contribution in [2.24, 2.45) is 0 Å². The summed E-state index contributed by atoms with van der Waals surface area (Å²) in [5.41, 5.74) is 0.845. The fraction of sp³-hybridized carbons (Fsp3) is 0.200.